The number of carbonyl (C=O) groups is 2. The highest BCUT2D eigenvalue weighted by molar-refractivity contribution is 5.86. The molecule has 116 valence electrons. The van der Waals surface area contributed by atoms with Gasteiger partial charge in [-0.1, -0.05) is 18.2 Å². The van der Waals surface area contributed by atoms with E-state index in [0.29, 0.717) is 19.7 Å². The summed E-state index contributed by atoms with van der Waals surface area (Å²) in [7, 11) is 0. The number of para-hydroxylation sites is 1. The summed E-state index contributed by atoms with van der Waals surface area (Å²) in [6.45, 7) is 1.47. The Labute approximate surface area is 127 Å². The van der Waals surface area contributed by atoms with Crippen molar-refractivity contribution in [1.82, 2.24) is 9.88 Å². The van der Waals surface area contributed by atoms with Crippen LogP contribution in [0.1, 0.15) is 12.0 Å². The summed E-state index contributed by atoms with van der Waals surface area (Å²) < 4.78 is 5.26. The third-order valence-corrected chi connectivity index (χ3v) is 3.95. The number of nitrogens with one attached hydrogen (secondary N) is 1. The van der Waals surface area contributed by atoms with Gasteiger partial charge in [0.15, 0.2) is 0 Å². The molecule has 6 nitrogen and oxygen atoms in total. The number of hydrogen-bond acceptors (Lipinski definition) is 3. The molecule has 1 aromatic heterocycles. The lowest BCUT2D eigenvalue weighted by molar-refractivity contribution is -0.159. The fourth-order valence-electron chi connectivity index (χ4n) is 2.81. The molecule has 1 saturated heterocycles. The molecule has 1 amide bonds. The Balaban J connectivity index is 1.65. The molecule has 1 aromatic carbocycles. The molecule has 2 N–H and O–H groups in total. The quantitative estimate of drug-likeness (QED) is 0.875. The van der Waals surface area contributed by atoms with Gasteiger partial charge in [-0.25, -0.2) is 0 Å². The lowest BCUT2D eigenvalue weighted by atomic mass is 10.1. The first-order valence-corrected chi connectivity index (χ1v) is 7.32. The first-order chi connectivity index (χ1) is 10.6. The summed E-state index contributed by atoms with van der Waals surface area (Å²) in [5.74, 6) is -1.25. The van der Waals surface area contributed by atoms with E-state index >= 15 is 0 Å². The molecule has 1 unspecified atom stereocenters. The van der Waals surface area contributed by atoms with Gasteiger partial charge in [-0.05, 0) is 18.1 Å². The molecule has 0 aliphatic carbocycles. The van der Waals surface area contributed by atoms with E-state index in [-0.39, 0.29) is 12.3 Å². The zero-order chi connectivity index (χ0) is 15.5. The second-order valence-electron chi connectivity index (χ2n) is 5.39. The van der Waals surface area contributed by atoms with E-state index in [9.17, 15) is 9.59 Å². The van der Waals surface area contributed by atoms with Gasteiger partial charge in [0.1, 0.15) is 6.10 Å². The molecule has 0 spiro atoms. The largest absolute Gasteiger partial charge is 0.481 e. The summed E-state index contributed by atoms with van der Waals surface area (Å²) >= 11 is 0. The number of aromatic amines is 1. The Bertz CT molecular complexity index is 694. The molecule has 1 aliphatic rings. The van der Waals surface area contributed by atoms with Crippen LogP contribution in [0.25, 0.3) is 10.9 Å². The average molecular weight is 302 g/mol. The highest BCUT2D eigenvalue weighted by atomic mass is 16.5. The van der Waals surface area contributed by atoms with Gasteiger partial charge in [0.05, 0.1) is 13.0 Å². The number of aliphatic carboxylic acids is 1. The first-order valence-electron chi connectivity index (χ1n) is 7.32. The number of carboxylic acids is 1. The normalized spacial score (nSPS) is 18.8. The number of aromatic nitrogens is 1. The van der Waals surface area contributed by atoms with Crippen molar-refractivity contribution in [2.45, 2.75) is 18.9 Å². The SMILES string of the molecule is O=C(O)CC1OCCN(CCc2c[nH]c3ccccc23)C1=O. The van der Waals surface area contributed by atoms with Gasteiger partial charge < -0.3 is 19.7 Å². The number of carbonyl (C=O) groups excluding carboxylic acids is 1. The molecule has 1 atom stereocenters. The second kappa shape index (κ2) is 6.19. The van der Waals surface area contributed by atoms with Crippen molar-refractivity contribution in [3.63, 3.8) is 0 Å². The van der Waals surface area contributed by atoms with E-state index in [0.717, 1.165) is 22.9 Å². The van der Waals surface area contributed by atoms with Crippen molar-refractivity contribution < 1.29 is 19.4 Å². The van der Waals surface area contributed by atoms with E-state index in [4.69, 9.17) is 9.84 Å². The van der Waals surface area contributed by atoms with Crippen LogP contribution in [0.5, 0.6) is 0 Å². The van der Waals surface area contributed by atoms with Crippen LogP contribution in [0.4, 0.5) is 0 Å². The van der Waals surface area contributed by atoms with Crippen molar-refractivity contribution in [2.75, 3.05) is 19.7 Å². The van der Waals surface area contributed by atoms with E-state index < -0.39 is 12.1 Å². The average Bonchev–Trinajstić information content (AvgIpc) is 2.91. The van der Waals surface area contributed by atoms with E-state index in [1.54, 1.807) is 4.90 Å². The Morgan fingerprint density at radius 2 is 2.23 bits per heavy atom. The zero-order valence-electron chi connectivity index (χ0n) is 12.1. The molecule has 1 aliphatic heterocycles. The minimum Gasteiger partial charge on any atom is -0.481 e. The van der Waals surface area contributed by atoms with Crippen LogP contribution in [-0.2, 0) is 20.7 Å². The number of nitrogens with zero attached hydrogens (tertiary/aromatic N) is 1. The highest BCUT2D eigenvalue weighted by Gasteiger charge is 2.31. The monoisotopic (exact) mass is 302 g/mol. The van der Waals surface area contributed by atoms with Gasteiger partial charge >= 0.3 is 5.97 Å². The topological polar surface area (TPSA) is 82.6 Å². The maximum absolute atomic E-state index is 12.2. The van der Waals surface area contributed by atoms with Gasteiger partial charge in [0, 0.05) is 30.2 Å². The molecule has 6 heteroatoms. The maximum atomic E-state index is 12.2. The van der Waals surface area contributed by atoms with Gasteiger partial charge in [0.2, 0.25) is 0 Å². The number of ether oxygens (including phenoxy) is 1. The number of morpholine rings is 1. The lowest BCUT2D eigenvalue weighted by Gasteiger charge is -2.31. The number of benzene rings is 1. The number of rotatable bonds is 5. The Kier molecular flexibility index (Phi) is 4.11. The summed E-state index contributed by atoms with van der Waals surface area (Å²) in [5.41, 5.74) is 2.24. The Hall–Kier alpha value is -2.34. The van der Waals surface area contributed by atoms with Gasteiger partial charge in [0.25, 0.3) is 5.91 Å². The minimum atomic E-state index is -1.02. The van der Waals surface area contributed by atoms with Crippen LogP contribution in [0.15, 0.2) is 30.5 Å². The molecule has 1 fully saturated rings. The third kappa shape index (κ3) is 2.96. The molecule has 0 bridgehead atoms. The number of H-pyrrole nitrogens is 1. The lowest BCUT2D eigenvalue weighted by Crippen LogP contribution is -2.49. The summed E-state index contributed by atoms with van der Waals surface area (Å²) in [6.07, 6.45) is 1.57. The van der Waals surface area contributed by atoms with Crippen molar-refractivity contribution in [2.24, 2.45) is 0 Å². The number of fused-ring (bicyclic) bond motifs is 1. The predicted molar refractivity (Wildman–Crippen MR) is 80.6 cm³/mol. The zero-order valence-corrected chi connectivity index (χ0v) is 12.1. The fraction of sp³-hybridized carbons (Fsp3) is 0.375. The molecule has 2 heterocycles. The Morgan fingerprint density at radius 3 is 3.05 bits per heavy atom. The minimum absolute atomic E-state index is 0.228. The van der Waals surface area contributed by atoms with Crippen LogP contribution < -0.4 is 0 Å². The molecule has 0 radical (unpaired) electrons. The molecule has 2 aromatic rings. The summed E-state index contributed by atoms with van der Waals surface area (Å²) in [5, 5.41) is 9.97. The second-order valence-corrected chi connectivity index (χ2v) is 5.39. The number of hydrogen-bond donors (Lipinski definition) is 2. The van der Waals surface area contributed by atoms with E-state index in [2.05, 4.69) is 11.1 Å². The Morgan fingerprint density at radius 1 is 1.41 bits per heavy atom. The summed E-state index contributed by atoms with van der Waals surface area (Å²) in [6, 6.07) is 8.03. The highest BCUT2D eigenvalue weighted by Crippen LogP contribution is 2.19. The van der Waals surface area contributed by atoms with Crippen LogP contribution >= 0.6 is 0 Å². The number of amides is 1. The van der Waals surface area contributed by atoms with Crippen LogP contribution in [0, 0.1) is 0 Å². The molecular formula is C16H18N2O4. The molecule has 0 saturated carbocycles. The first kappa shape index (κ1) is 14.6. The third-order valence-electron chi connectivity index (χ3n) is 3.95. The van der Waals surface area contributed by atoms with Gasteiger partial charge in [-0.3, -0.25) is 9.59 Å². The number of carboxylic acid groups (broad SMARTS) is 1. The van der Waals surface area contributed by atoms with Crippen LogP contribution in [-0.4, -0.2) is 52.7 Å². The van der Waals surface area contributed by atoms with Crippen LogP contribution in [0.2, 0.25) is 0 Å². The van der Waals surface area contributed by atoms with Crippen molar-refractivity contribution in [1.29, 1.82) is 0 Å². The standard InChI is InChI=1S/C16H18N2O4/c19-15(20)9-14-16(21)18(7-8-22-14)6-5-11-10-17-13-4-2-1-3-12(11)13/h1-4,10,14,17H,5-9H2,(H,19,20). The van der Waals surface area contributed by atoms with Gasteiger partial charge in [-0.15, -0.1) is 0 Å². The van der Waals surface area contributed by atoms with Gasteiger partial charge in [-0.2, -0.15) is 0 Å². The molecular weight excluding hydrogens is 284 g/mol. The van der Waals surface area contributed by atoms with E-state index in [1.165, 1.54) is 0 Å². The predicted octanol–water partition coefficient (Wildman–Crippen LogP) is 1.41. The molecule has 22 heavy (non-hydrogen) atoms. The molecule has 3 rings (SSSR count). The van der Waals surface area contributed by atoms with Crippen molar-refractivity contribution in [3.05, 3.63) is 36.0 Å². The summed E-state index contributed by atoms with van der Waals surface area (Å²) in [4.78, 5) is 27.9. The maximum Gasteiger partial charge on any atom is 0.306 e. The van der Waals surface area contributed by atoms with Crippen molar-refractivity contribution in [3.8, 4) is 0 Å². The van der Waals surface area contributed by atoms with Crippen LogP contribution in [0.3, 0.4) is 0 Å². The fourth-order valence-corrected chi connectivity index (χ4v) is 2.81. The smallest absolute Gasteiger partial charge is 0.306 e. The van der Waals surface area contributed by atoms with E-state index in [1.807, 2.05) is 24.4 Å². The van der Waals surface area contributed by atoms with Crippen molar-refractivity contribution >= 4 is 22.8 Å².